The number of fused-ring (bicyclic) bond motifs is 1. The van der Waals surface area contributed by atoms with E-state index in [0.29, 0.717) is 11.5 Å². The van der Waals surface area contributed by atoms with E-state index < -0.39 is 30.1 Å². The second-order valence-electron chi connectivity index (χ2n) is 5.40. The molecule has 5 atom stereocenters. The molecule has 0 saturated carbocycles. The Morgan fingerprint density at radius 2 is 2.25 bits per heavy atom. The zero-order valence-electron chi connectivity index (χ0n) is 11.0. The van der Waals surface area contributed by atoms with Crippen LogP contribution in [0.15, 0.2) is 22.3 Å². The molecule has 0 spiro atoms. The van der Waals surface area contributed by atoms with Crippen molar-refractivity contribution in [3.63, 3.8) is 0 Å². The lowest BCUT2D eigenvalue weighted by molar-refractivity contribution is -0.0688. The molecule has 20 heavy (non-hydrogen) atoms. The standard InChI is InChI=1S/C12H18N4O4/c1-12(13)2-3-14-10-9(12)15-5-16(10)11-8(19)7(18)6(4-17)20-11/h2-3,6-8,11,17-19H,4-5,13H2,1H3/t6-,7-,8-,11-,12?/m1/s1. The summed E-state index contributed by atoms with van der Waals surface area (Å²) in [6.07, 6.45) is -0.561. The monoisotopic (exact) mass is 282 g/mol. The van der Waals surface area contributed by atoms with Gasteiger partial charge in [0.2, 0.25) is 0 Å². The summed E-state index contributed by atoms with van der Waals surface area (Å²) >= 11 is 0. The van der Waals surface area contributed by atoms with E-state index in [1.165, 1.54) is 0 Å². The number of aliphatic hydroxyl groups excluding tert-OH is 3. The number of ether oxygens (including phenoxy) is 1. The average molecular weight is 282 g/mol. The summed E-state index contributed by atoms with van der Waals surface area (Å²) in [5, 5.41) is 29.0. The molecule has 1 unspecified atom stereocenters. The molecule has 8 heteroatoms. The maximum absolute atomic E-state index is 10.1. The third-order valence-corrected chi connectivity index (χ3v) is 3.82. The second kappa shape index (κ2) is 4.61. The number of rotatable bonds is 2. The molecule has 0 radical (unpaired) electrons. The van der Waals surface area contributed by atoms with Crippen LogP contribution in [0, 0.1) is 0 Å². The average Bonchev–Trinajstić information content (AvgIpc) is 2.94. The molecule has 0 aliphatic carbocycles. The van der Waals surface area contributed by atoms with Gasteiger partial charge in [0, 0.05) is 6.20 Å². The van der Waals surface area contributed by atoms with Crippen molar-refractivity contribution in [3.8, 4) is 0 Å². The summed E-state index contributed by atoms with van der Waals surface area (Å²) in [4.78, 5) is 10.2. The fourth-order valence-corrected chi connectivity index (χ4v) is 2.65. The highest BCUT2D eigenvalue weighted by atomic mass is 16.6. The van der Waals surface area contributed by atoms with E-state index in [1.807, 2.05) is 6.92 Å². The number of nitrogens with two attached hydrogens (primary N) is 1. The molecule has 3 aliphatic heterocycles. The molecule has 110 valence electrons. The molecule has 3 rings (SSSR count). The number of amidine groups is 1. The third kappa shape index (κ3) is 1.88. The van der Waals surface area contributed by atoms with Crippen molar-refractivity contribution in [2.75, 3.05) is 13.3 Å². The molecule has 1 fully saturated rings. The van der Waals surface area contributed by atoms with Gasteiger partial charge >= 0.3 is 0 Å². The fraction of sp³-hybridized carbons (Fsp3) is 0.667. The van der Waals surface area contributed by atoms with Gasteiger partial charge < -0.3 is 30.7 Å². The minimum Gasteiger partial charge on any atom is -0.394 e. The molecule has 0 aromatic rings. The van der Waals surface area contributed by atoms with Crippen molar-refractivity contribution in [1.29, 1.82) is 0 Å². The van der Waals surface area contributed by atoms with Gasteiger partial charge in [-0.25, -0.2) is 4.99 Å². The van der Waals surface area contributed by atoms with Crippen LogP contribution < -0.4 is 5.73 Å². The van der Waals surface area contributed by atoms with Crippen LogP contribution in [0.4, 0.5) is 0 Å². The van der Waals surface area contributed by atoms with Crippen molar-refractivity contribution in [1.82, 2.24) is 4.90 Å². The fourth-order valence-electron chi connectivity index (χ4n) is 2.65. The van der Waals surface area contributed by atoms with Gasteiger partial charge in [0.1, 0.15) is 30.7 Å². The van der Waals surface area contributed by atoms with Crippen molar-refractivity contribution in [3.05, 3.63) is 12.3 Å². The Balaban J connectivity index is 1.85. The van der Waals surface area contributed by atoms with Gasteiger partial charge in [-0.05, 0) is 13.0 Å². The highest BCUT2D eigenvalue weighted by Crippen LogP contribution is 2.28. The maximum Gasteiger partial charge on any atom is 0.162 e. The first-order valence-corrected chi connectivity index (χ1v) is 6.44. The Bertz CT molecular complexity index is 502. The lowest BCUT2D eigenvalue weighted by Crippen LogP contribution is -2.53. The van der Waals surface area contributed by atoms with E-state index in [0.717, 1.165) is 0 Å². The smallest absolute Gasteiger partial charge is 0.162 e. The van der Waals surface area contributed by atoms with Gasteiger partial charge in [-0.1, -0.05) is 0 Å². The van der Waals surface area contributed by atoms with Crippen LogP contribution in [-0.2, 0) is 4.74 Å². The minimum atomic E-state index is -1.14. The van der Waals surface area contributed by atoms with Crippen LogP contribution in [0.25, 0.3) is 0 Å². The number of nitrogens with zero attached hydrogens (tertiary/aromatic N) is 3. The van der Waals surface area contributed by atoms with Crippen LogP contribution in [0.5, 0.6) is 0 Å². The van der Waals surface area contributed by atoms with Crippen molar-refractivity contribution in [2.24, 2.45) is 15.7 Å². The molecule has 1 saturated heterocycles. The van der Waals surface area contributed by atoms with Crippen molar-refractivity contribution < 1.29 is 20.1 Å². The zero-order valence-corrected chi connectivity index (χ0v) is 11.0. The van der Waals surface area contributed by atoms with Gasteiger partial charge in [0.25, 0.3) is 0 Å². The van der Waals surface area contributed by atoms with E-state index in [-0.39, 0.29) is 13.3 Å². The van der Waals surface area contributed by atoms with E-state index >= 15 is 0 Å². The van der Waals surface area contributed by atoms with Gasteiger partial charge in [0.05, 0.1) is 12.1 Å². The third-order valence-electron chi connectivity index (χ3n) is 3.82. The van der Waals surface area contributed by atoms with Crippen LogP contribution >= 0.6 is 0 Å². The van der Waals surface area contributed by atoms with Gasteiger partial charge in [-0.3, -0.25) is 4.99 Å². The molecule has 8 nitrogen and oxygen atoms in total. The maximum atomic E-state index is 10.1. The molecule has 0 amide bonds. The SMILES string of the molecule is CC1(N)C=CN=C2C1=NCN2[C@@H]1O[C@H](CO)[C@@H](O)[C@H]1O. The lowest BCUT2D eigenvalue weighted by Gasteiger charge is -2.31. The van der Waals surface area contributed by atoms with E-state index in [4.69, 9.17) is 15.6 Å². The van der Waals surface area contributed by atoms with E-state index in [2.05, 4.69) is 9.98 Å². The van der Waals surface area contributed by atoms with Crippen LogP contribution in [0.3, 0.4) is 0 Å². The zero-order chi connectivity index (χ0) is 14.5. The Morgan fingerprint density at radius 1 is 1.50 bits per heavy atom. The summed E-state index contributed by atoms with van der Waals surface area (Å²) in [5.74, 6) is 0.535. The molecule has 5 N–H and O–H groups in total. The summed E-state index contributed by atoms with van der Waals surface area (Å²) in [6.45, 7) is 1.70. The van der Waals surface area contributed by atoms with Gasteiger partial charge in [-0.2, -0.15) is 0 Å². The molecule has 3 heterocycles. The molecular weight excluding hydrogens is 264 g/mol. The Hall–Kier alpha value is -1.32. The first kappa shape index (κ1) is 13.7. The van der Waals surface area contributed by atoms with Crippen LogP contribution in [-0.4, -0.2) is 75.1 Å². The number of hydrogen-bond donors (Lipinski definition) is 4. The second-order valence-corrected chi connectivity index (χ2v) is 5.40. The van der Waals surface area contributed by atoms with Gasteiger partial charge in [0.15, 0.2) is 12.1 Å². The molecule has 3 aliphatic rings. The van der Waals surface area contributed by atoms with Gasteiger partial charge in [-0.15, -0.1) is 0 Å². The summed E-state index contributed by atoms with van der Waals surface area (Å²) in [7, 11) is 0. The number of hydrogen-bond acceptors (Lipinski definition) is 8. The predicted octanol–water partition coefficient (Wildman–Crippen LogP) is -2.22. The Kier molecular flexibility index (Phi) is 3.14. The van der Waals surface area contributed by atoms with Crippen LogP contribution in [0.1, 0.15) is 6.92 Å². The Morgan fingerprint density at radius 3 is 2.90 bits per heavy atom. The van der Waals surface area contributed by atoms with Crippen molar-refractivity contribution >= 4 is 11.5 Å². The number of aliphatic hydroxyl groups is 3. The first-order chi connectivity index (χ1) is 9.45. The van der Waals surface area contributed by atoms with E-state index in [9.17, 15) is 10.2 Å². The van der Waals surface area contributed by atoms with E-state index in [1.54, 1.807) is 17.2 Å². The first-order valence-electron chi connectivity index (χ1n) is 6.44. The quantitative estimate of drug-likeness (QED) is 0.455. The molecular formula is C12H18N4O4. The molecule has 0 bridgehead atoms. The molecule has 0 aromatic carbocycles. The number of aliphatic imine (C=N–C) groups is 2. The van der Waals surface area contributed by atoms with Crippen molar-refractivity contribution in [2.45, 2.75) is 37.0 Å². The minimum absolute atomic E-state index is 0.245. The Labute approximate surface area is 115 Å². The van der Waals surface area contributed by atoms with Crippen LogP contribution in [0.2, 0.25) is 0 Å². The topological polar surface area (TPSA) is 124 Å². The summed E-state index contributed by atoms with van der Waals surface area (Å²) in [5.41, 5.74) is 6.03. The molecule has 0 aromatic heterocycles. The normalized spacial score (nSPS) is 43.5. The predicted molar refractivity (Wildman–Crippen MR) is 71.1 cm³/mol. The summed E-state index contributed by atoms with van der Waals surface area (Å²) < 4.78 is 5.49. The largest absolute Gasteiger partial charge is 0.394 e. The highest BCUT2D eigenvalue weighted by Gasteiger charge is 2.49. The lowest BCUT2D eigenvalue weighted by atomic mass is 9.94. The highest BCUT2D eigenvalue weighted by molar-refractivity contribution is 6.46. The summed E-state index contributed by atoms with van der Waals surface area (Å²) in [6, 6.07) is 0.